The minimum atomic E-state index is -2.54. The summed E-state index contributed by atoms with van der Waals surface area (Å²) >= 11 is 0. The van der Waals surface area contributed by atoms with Gasteiger partial charge in [0.1, 0.15) is 0 Å². The van der Waals surface area contributed by atoms with Gasteiger partial charge in [0.15, 0.2) is 0 Å². The monoisotopic (exact) mass is 528 g/mol. The van der Waals surface area contributed by atoms with Crippen LogP contribution in [0.4, 0.5) is 5.69 Å². The molecule has 1 heterocycles. The van der Waals surface area contributed by atoms with Gasteiger partial charge in [0.2, 0.25) is 0 Å². The maximum absolute atomic E-state index is 11.2. The first-order valence-corrected chi connectivity index (χ1v) is 15.9. The van der Waals surface area contributed by atoms with Crippen LogP contribution in [0, 0.1) is 16.0 Å². The van der Waals surface area contributed by atoms with Crippen LogP contribution in [-0.4, -0.2) is 43.9 Å². The van der Waals surface area contributed by atoms with Crippen LogP contribution in [-0.2, 0) is 17.3 Å². The number of nitro benzene ring substituents is 1. The number of fused-ring (bicyclic) bond motifs is 1. The van der Waals surface area contributed by atoms with Crippen molar-refractivity contribution < 1.29 is 9.35 Å². The highest BCUT2D eigenvalue weighted by Crippen LogP contribution is 2.38. The Morgan fingerprint density at radius 1 is 0.895 bits per heavy atom. The number of benzene rings is 3. The smallest absolute Gasteiger partial charge is 0.269 e. The van der Waals surface area contributed by atoms with Crippen molar-refractivity contribution >= 4 is 24.4 Å². The summed E-state index contributed by atoms with van der Waals surface area (Å²) in [7, 11) is -2.54. The summed E-state index contributed by atoms with van der Waals surface area (Å²) in [5.74, 6) is 0.605. The second kappa shape index (κ2) is 11.1. The van der Waals surface area contributed by atoms with E-state index >= 15 is 0 Å². The van der Waals surface area contributed by atoms with E-state index in [0.717, 1.165) is 57.3 Å². The molecule has 5 rings (SSSR count). The second-order valence-electron chi connectivity index (χ2n) is 12.1. The summed E-state index contributed by atoms with van der Waals surface area (Å²) in [5.41, 5.74) is 2.66. The summed E-state index contributed by atoms with van der Waals surface area (Å²) in [5, 5.41) is 13.9. The molecule has 2 aliphatic rings. The molecule has 0 N–H and O–H groups in total. The molecule has 0 aromatic heterocycles. The Hall–Kier alpha value is -2.80. The number of nitro groups is 1. The second-order valence-corrected chi connectivity index (χ2v) is 16.4. The number of non-ortho nitro benzene ring substituents is 1. The van der Waals surface area contributed by atoms with Crippen molar-refractivity contribution in [1.29, 1.82) is 0 Å². The zero-order valence-electron chi connectivity index (χ0n) is 22.9. The fourth-order valence-electron chi connectivity index (χ4n) is 6.61. The van der Waals surface area contributed by atoms with Crippen LogP contribution in [0.25, 0.3) is 0 Å². The van der Waals surface area contributed by atoms with E-state index < -0.39 is 8.32 Å². The lowest BCUT2D eigenvalue weighted by Crippen LogP contribution is -2.67. The molecule has 0 amide bonds. The molecule has 1 unspecified atom stereocenters. The van der Waals surface area contributed by atoms with Crippen LogP contribution >= 0.6 is 0 Å². The van der Waals surface area contributed by atoms with E-state index in [1.165, 1.54) is 15.9 Å². The lowest BCUT2D eigenvalue weighted by atomic mass is 9.99. The third-order valence-electron chi connectivity index (χ3n) is 8.55. The summed E-state index contributed by atoms with van der Waals surface area (Å²) < 4.78 is 7.40. The summed E-state index contributed by atoms with van der Waals surface area (Å²) in [4.78, 5) is 13.6. The topological polar surface area (TPSA) is 55.6 Å². The maximum atomic E-state index is 11.2. The maximum Gasteiger partial charge on any atom is 0.269 e. The highest BCUT2D eigenvalue weighted by molar-refractivity contribution is 6.99. The predicted octanol–water partition coefficient (Wildman–Crippen LogP) is 5.74. The first-order chi connectivity index (χ1) is 18.3. The summed E-state index contributed by atoms with van der Waals surface area (Å²) in [6.07, 6.45) is 5.44. The van der Waals surface area contributed by atoms with Crippen LogP contribution in [0.15, 0.2) is 78.9 Å². The average Bonchev–Trinajstić information content (AvgIpc) is 3.25. The minimum absolute atomic E-state index is 0.0151. The number of likely N-dealkylation sites (tertiary alicyclic amines) is 1. The van der Waals surface area contributed by atoms with E-state index in [4.69, 9.17) is 4.43 Å². The van der Waals surface area contributed by atoms with E-state index in [-0.39, 0.29) is 21.8 Å². The first-order valence-electron chi connectivity index (χ1n) is 14.0. The molecule has 0 saturated carbocycles. The molecular weight excluding hydrogens is 488 g/mol. The lowest BCUT2D eigenvalue weighted by molar-refractivity contribution is -0.384. The number of hydrogen-bond acceptors (Lipinski definition) is 4. The SMILES string of the molecule is CC(C)(C)[Si](O[C@H]1CCN(CC2CCc3ccc([N+](=O)[O-])cc3CC2)C1)(c1ccccc1)c1ccccc1. The van der Waals surface area contributed by atoms with E-state index in [9.17, 15) is 10.1 Å². The van der Waals surface area contributed by atoms with E-state index in [1.807, 2.05) is 6.07 Å². The molecule has 38 heavy (non-hydrogen) atoms. The standard InChI is InChI=1S/C32H40N2O3Si/c1-32(2,3)38(30-10-6-4-7-11-30,31-12-8-5-9-13-31)37-29-20-21-33(24-29)23-25-14-16-26-18-19-28(34(35)36)22-27(26)17-15-25/h4-13,18-19,22,25,29H,14-17,20-21,23-24H2,1-3H3/t25?,29-/m0/s1. The van der Waals surface area contributed by atoms with E-state index in [0.29, 0.717) is 5.92 Å². The molecule has 0 spiro atoms. The van der Waals surface area contributed by atoms with Crippen LogP contribution in [0.2, 0.25) is 5.04 Å². The molecule has 6 heteroatoms. The van der Waals surface area contributed by atoms with Crippen LogP contribution in [0.3, 0.4) is 0 Å². The van der Waals surface area contributed by atoms with Gasteiger partial charge in [-0.2, -0.15) is 0 Å². The van der Waals surface area contributed by atoms with Gasteiger partial charge in [-0.05, 0) is 64.6 Å². The van der Waals surface area contributed by atoms with Gasteiger partial charge < -0.3 is 9.33 Å². The molecule has 3 aromatic rings. The average molecular weight is 529 g/mol. The summed E-state index contributed by atoms with van der Waals surface area (Å²) in [6.45, 7) is 10.2. The fourth-order valence-corrected chi connectivity index (χ4v) is 11.3. The molecule has 200 valence electrons. The van der Waals surface area contributed by atoms with Gasteiger partial charge in [-0.25, -0.2) is 0 Å². The van der Waals surface area contributed by atoms with Crippen molar-refractivity contribution in [3.63, 3.8) is 0 Å². The fraction of sp³-hybridized carbons (Fsp3) is 0.438. The van der Waals surface area contributed by atoms with Gasteiger partial charge in [0.05, 0.1) is 11.0 Å². The Balaban J connectivity index is 1.30. The van der Waals surface area contributed by atoms with Crippen LogP contribution in [0.1, 0.15) is 51.2 Å². The van der Waals surface area contributed by atoms with Crippen molar-refractivity contribution in [2.45, 2.75) is 64.0 Å². The predicted molar refractivity (Wildman–Crippen MR) is 157 cm³/mol. The quantitative estimate of drug-likeness (QED) is 0.170. The van der Waals surface area contributed by atoms with Crippen LogP contribution in [0.5, 0.6) is 0 Å². The van der Waals surface area contributed by atoms with Crippen molar-refractivity contribution in [1.82, 2.24) is 4.90 Å². The first kappa shape index (κ1) is 26.8. The lowest BCUT2D eigenvalue weighted by Gasteiger charge is -2.44. The summed E-state index contributed by atoms with van der Waals surface area (Å²) in [6, 6.07) is 27.3. The third kappa shape index (κ3) is 5.49. The van der Waals surface area contributed by atoms with Gasteiger partial charge in [-0.15, -0.1) is 0 Å². The molecule has 1 aliphatic carbocycles. The number of nitrogens with zero attached hydrogens (tertiary/aromatic N) is 2. The van der Waals surface area contributed by atoms with E-state index in [1.54, 1.807) is 12.1 Å². The molecule has 5 nitrogen and oxygen atoms in total. The van der Waals surface area contributed by atoms with Crippen molar-refractivity contribution in [3.05, 3.63) is 100 Å². The molecule has 1 fully saturated rings. The Morgan fingerprint density at radius 3 is 2.08 bits per heavy atom. The van der Waals surface area contributed by atoms with Crippen LogP contribution < -0.4 is 10.4 Å². The minimum Gasteiger partial charge on any atom is -0.403 e. The third-order valence-corrected chi connectivity index (χ3v) is 13.6. The highest BCUT2D eigenvalue weighted by Gasteiger charge is 2.52. The Labute approximate surface area is 228 Å². The number of hydrogen-bond donors (Lipinski definition) is 0. The zero-order chi connectivity index (χ0) is 26.8. The van der Waals surface area contributed by atoms with Gasteiger partial charge in [-0.1, -0.05) is 87.5 Å². The molecule has 2 atom stereocenters. The number of rotatable bonds is 7. The number of aryl methyl sites for hydroxylation is 2. The highest BCUT2D eigenvalue weighted by atomic mass is 28.4. The van der Waals surface area contributed by atoms with Gasteiger partial charge in [0, 0.05) is 31.8 Å². The molecule has 1 saturated heterocycles. The normalized spacial score (nSPS) is 20.6. The van der Waals surface area contributed by atoms with E-state index in [2.05, 4.69) is 86.3 Å². The van der Waals surface area contributed by atoms with Gasteiger partial charge in [0.25, 0.3) is 14.0 Å². The molecule has 3 aromatic carbocycles. The Kier molecular flexibility index (Phi) is 7.84. The largest absolute Gasteiger partial charge is 0.403 e. The molecule has 0 bridgehead atoms. The molecule has 0 radical (unpaired) electrons. The van der Waals surface area contributed by atoms with Gasteiger partial charge >= 0.3 is 0 Å². The Morgan fingerprint density at radius 2 is 1.50 bits per heavy atom. The van der Waals surface area contributed by atoms with Crippen molar-refractivity contribution in [3.8, 4) is 0 Å². The van der Waals surface area contributed by atoms with Gasteiger partial charge in [-0.3, -0.25) is 10.1 Å². The van der Waals surface area contributed by atoms with Crippen molar-refractivity contribution in [2.75, 3.05) is 19.6 Å². The van der Waals surface area contributed by atoms with Crippen molar-refractivity contribution in [2.24, 2.45) is 5.92 Å². The Bertz CT molecular complexity index is 1200. The molecular formula is C32H40N2O3Si. The molecule has 1 aliphatic heterocycles. The zero-order valence-corrected chi connectivity index (χ0v) is 23.9.